The van der Waals surface area contributed by atoms with Gasteiger partial charge in [0.2, 0.25) is 5.91 Å². The minimum Gasteiger partial charge on any atom is -0.494 e. The largest absolute Gasteiger partial charge is 0.494 e. The summed E-state index contributed by atoms with van der Waals surface area (Å²) in [5, 5.41) is 13.2. The van der Waals surface area contributed by atoms with Crippen LogP contribution in [-0.4, -0.2) is 46.6 Å². The number of nitrogens with one attached hydrogen (secondary N) is 1. The molecule has 0 bridgehead atoms. The number of benzene rings is 2. The molecule has 1 N–H and O–H groups in total. The number of carbonyl (C=O) groups excluding carboxylic acids is 3. The quantitative estimate of drug-likeness (QED) is 0.229. The fraction of sp³-hybridized carbons (Fsp3) is 0.227. The van der Waals surface area contributed by atoms with Crippen molar-refractivity contribution in [1.29, 1.82) is 0 Å². The molecule has 1 heterocycles. The van der Waals surface area contributed by atoms with Gasteiger partial charge in [-0.2, -0.15) is 0 Å². The summed E-state index contributed by atoms with van der Waals surface area (Å²) >= 11 is 6.53. The lowest BCUT2D eigenvalue weighted by Gasteiger charge is -2.13. The van der Waals surface area contributed by atoms with E-state index in [2.05, 4.69) is 5.32 Å². The van der Waals surface area contributed by atoms with E-state index in [4.69, 9.17) is 16.3 Å². The molecule has 172 valence electrons. The van der Waals surface area contributed by atoms with E-state index in [1.807, 2.05) is 30.3 Å². The van der Waals surface area contributed by atoms with E-state index in [1.54, 1.807) is 0 Å². The Morgan fingerprint density at radius 3 is 2.70 bits per heavy atom. The first-order valence-electron chi connectivity index (χ1n) is 9.99. The zero-order valence-corrected chi connectivity index (χ0v) is 18.9. The molecule has 0 atom stereocenters. The number of nitro benzene ring substituents is 1. The second-order valence-electron chi connectivity index (χ2n) is 6.92. The number of nitro groups is 1. The fourth-order valence-electron chi connectivity index (χ4n) is 2.94. The monoisotopic (exact) mass is 489 g/mol. The lowest BCUT2D eigenvalue weighted by molar-refractivity contribution is -0.384. The van der Waals surface area contributed by atoms with Gasteiger partial charge in [0, 0.05) is 25.6 Å². The van der Waals surface area contributed by atoms with Gasteiger partial charge in [0.05, 0.1) is 16.4 Å². The van der Waals surface area contributed by atoms with Crippen molar-refractivity contribution in [2.75, 3.05) is 19.7 Å². The van der Waals surface area contributed by atoms with Gasteiger partial charge < -0.3 is 10.1 Å². The minimum absolute atomic E-state index is 0.0207. The van der Waals surface area contributed by atoms with Gasteiger partial charge >= 0.3 is 0 Å². The van der Waals surface area contributed by atoms with Crippen LogP contribution in [0, 0.1) is 10.1 Å². The molecule has 0 unspecified atom stereocenters. The lowest BCUT2D eigenvalue weighted by Crippen LogP contribution is -2.37. The Kier molecular flexibility index (Phi) is 8.45. The number of nitrogens with zero attached hydrogens (tertiary/aromatic N) is 2. The average Bonchev–Trinajstić information content (AvgIpc) is 3.06. The summed E-state index contributed by atoms with van der Waals surface area (Å²) in [5.41, 5.74) is 0.0872. The highest BCUT2D eigenvalue weighted by Crippen LogP contribution is 2.33. The molecule has 2 aromatic carbocycles. The zero-order chi connectivity index (χ0) is 23.8. The van der Waals surface area contributed by atoms with Crippen molar-refractivity contribution < 1.29 is 24.0 Å². The van der Waals surface area contributed by atoms with Gasteiger partial charge in [-0.25, -0.2) is 0 Å². The van der Waals surface area contributed by atoms with Crippen molar-refractivity contribution in [2.45, 2.75) is 12.8 Å². The SMILES string of the molecule is O=C(CCCOc1ccccc1)NCCN1C(=O)S/C(=C\c2ccc(Cl)c([N+](=O)[O-])c2)C1=O. The third-order valence-corrected chi connectivity index (χ3v) is 5.78. The van der Waals surface area contributed by atoms with Gasteiger partial charge in [-0.05, 0) is 48.0 Å². The third kappa shape index (κ3) is 6.80. The summed E-state index contributed by atoms with van der Waals surface area (Å²) in [7, 11) is 0. The van der Waals surface area contributed by atoms with Crippen molar-refractivity contribution >= 4 is 52.2 Å². The highest BCUT2D eigenvalue weighted by atomic mass is 35.5. The molecule has 0 radical (unpaired) electrons. The van der Waals surface area contributed by atoms with Crippen molar-refractivity contribution in [2.24, 2.45) is 0 Å². The molecule has 1 aliphatic heterocycles. The van der Waals surface area contributed by atoms with E-state index < -0.39 is 16.1 Å². The van der Waals surface area contributed by atoms with Crippen LogP contribution in [0.3, 0.4) is 0 Å². The maximum atomic E-state index is 12.6. The van der Waals surface area contributed by atoms with Crippen LogP contribution < -0.4 is 10.1 Å². The van der Waals surface area contributed by atoms with Crippen LogP contribution in [0.2, 0.25) is 5.02 Å². The standard InChI is InChI=1S/C22H20ClN3O6S/c23-17-9-8-15(13-18(17)26(30)31)14-19-21(28)25(22(29)33-19)11-10-24-20(27)7-4-12-32-16-5-2-1-3-6-16/h1-3,5-6,8-9,13-14H,4,7,10-12H2,(H,24,27)/b19-14-. The normalized spacial score (nSPS) is 14.6. The number of hydrogen-bond donors (Lipinski definition) is 1. The number of carbonyl (C=O) groups is 3. The summed E-state index contributed by atoms with van der Waals surface area (Å²) in [4.78, 5) is 48.3. The van der Waals surface area contributed by atoms with E-state index in [1.165, 1.54) is 24.3 Å². The first kappa shape index (κ1) is 24.3. The Labute approximate surface area is 198 Å². The summed E-state index contributed by atoms with van der Waals surface area (Å²) in [6.45, 7) is 0.541. The van der Waals surface area contributed by atoms with Crippen LogP contribution >= 0.6 is 23.4 Å². The van der Waals surface area contributed by atoms with Gasteiger partial charge in [-0.1, -0.05) is 35.9 Å². The lowest BCUT2D eigenvalue weighted by atomic mass is 10.2. The van der Waals surface area contributed by atoms with E-state index in [0.29, 0.717) is 18.6 Å². The Bertz CT molecular complexity index is 1090. The van der Waals surface area contributed by atoms with Gasteiger partial charge in [-0.15, -0.1) is 0 Å². The Morgan fingerprint density at radius 2 is 1.97 bits per heavy atom. The summed E-state index contributed by atoms with van der Waals surface area (Å²) in [5.74, 6) is 0.00860. The molecule has 3 rings (SSSR count). The van der Waals surface area contributed by atoms with Gasteiger partial charge in [0.1, 0.15) is 10.8 Å². The predicted molar refractivity (Wildman–Crippen MR) is 125 cm³/mol. The molecule has 0 aromatic heterocycles. The number of para-hydroxylation sites is 1. The number of ether oxygens (including phenoxy) is 1. The van der Waals surface area contributed by atoms with E-state index in [-0.39, 0.29) is 41.0 Å². The molecule has 33 heavy (non-hydrogen) atoms. The Balaban J connectivity index is 1.45. The molecule has 1 saturated heterocycles. The molecule has 11 heteroatoms. The van der Waals surface area contributed by atoms with E-state index in [0.717, 1.165) is 22.4 Å². The second kappa shape index (κ2) is 11.5. The number of thioether (sulfide) groups is 1. The molecular formula is C22H20ClN3O6S. The molecular weight excluding hydrogens is 470 g/mol. The fourth-order valence-corrected chi connectivity index (χ4v) is 3.99. The maximum Gasteiger partial charge on any atom is 0.293 e. The molecule has 1 fully saturated rings. The topological polar surface area (TPSA) is 119 Å². The first-order valence-corrected chi connectivity index (χ1v) is 11.2. The number of amides is 3. The Hall–Kier alpha value is -3.37. The summed E-state index contributed by atoms with van der Waals surface area (Å²) in [6.07, 6.45) is 2.18. The van der Waals surface area contributed by atoms with E-state index >= 15 is 0 Å². The number of rotatable bonds is 10. The van der Waals surface area contributed by atoms with Gasteiger partial charge in [0.15, 0.2) is 0 Å². The van der Waals surface area contributed by atoms with Crippen LogP contribution in [0.5, 0.6) is 5.75 Å². The third-order valence-electron chi connectivity index (χ3n) is 4.56. The first-order chi connectivity index (χ1) is 15.8. The number of imide groups is 1. The number of halogens is 1. The average molecular weight is 490 g/mol. The molecule has 9 nitrogen and oxygen atoms in total. The smallest absolute Gasteiger partial charge is 0.293 e. The van der Waals surface area contributed by atoms with Crippen molar-refractivity contribution in [1.82, 2.24) is 10.2 Å². The molecule has 0 aliphatic carbocycles. The van der Waals surface area contributed by atoms with Crippen LogP contribution in [0.15, 0.2) is 53.4 Å². The van der Waals surface area contributed by atoms with Crippen LogP contribution in [0.4, 0.5) is 10.5 Å². The highest BCUT2D eigenvalue weighted by molar-refractivity contribution is 8.18. The van der Waals surface area contributed by atoms with E-state index in [9.17, 15) is 24.5 Å². The molecule has 1 aliphatic rings. The van der Waals surface area contributed by atoms with Crippen molar-refractivity contribution in [3.63, 3.8) is 0 Å². The maximum absolute atomic E-state index is 12.6. The van der Waals surface area contributed by atoms with Crippen LogP contribution in [-0.2, 0) is 9.59 Å². The number of hydrogen-bond acceptors (Lipinski definition) is 7. The second-order valence-corrected chi connectivity index (χ2v) is 8.32. The molecule has 3 amide bonds. The summed E-state index contributed by atoms with van der Waals surface area (Å²) < 4.78 is 5.53. The molecule has 0 saturated carbocycles. The van der Waals surface area contributed by atoms with Gasteiger partial charge in [-0.3, -0.25) is 29.4 Å². The predicted octanol–water partition coefficient (Wildman–Crippen LogP) is 4.26. The van der Waals surface area contributed by atoms with Crippen molar-refractivity contribution in [3.05, 3.63) is 74.1 Å². The zero-order valence-electron chi connectivity index (χ0n) is 17.4. The van der Waals surface area contributed by atoms with Crippen LogP contribution in [0.1, 0.15) is 18.4 Å². The van der Waals surface area contributed by atoms with Crippen LogP contribution in [0.25, 0.3) is 6.08 Å². The highest BCUT2D eigenvalue weighted by Gasteiger charge is 2.34. The Morgan fingerprint density at radius 1 is 1.21 bits per heavy atom. The summed E-state index contributed by atoms with van der Waals surface area (Å²) in [6, 6.07) is 13.4. The van der Waals surface area contributed by atoms with Gasteiger partial charge in [0.25, 0.3) is 16.8 Å². The van der Waals surface area contributed by atoms with Crippen molar-refractivity contribution in [3.8, 4) is 5.75 Å². The minimum atomic E-state index is -0.623. The molecule has 0 spiro atoms. The molecule has 2 aromatic rings.